The van der Waals surface area contributed by atoms with Crippen LogP contribution in [-0.4, -0.2) is 35.3 Å². The van der Waals surface area contributed by atoms with Gasteiger partial charge in [-0.2, -0.15) is 5.01 Å². The molecule has 33 heavy (non-hydrogen) atoms. The van der Waals surface area contributed by atoms with E-state index < -0.39 is 18.3 Å². The third-order valence-corrected chi connectivity index (χ3v) is 4.34. The van der Waals surface area contributed by atoms with Gasteiger partial charge in [0.2, 0.25) is 0 Å². The minimum Gasteiger partial charge on any atom is -0.446 e. The number of hydrazine groups is 1. The SMILES string of the molecule is CC(C)OC(=O)NN(C(=O)OC(C)C)c1ccc(NC(=O)c2ccccc2)c2ncccc12. The number of rotatable bonds is 5. The second-order valence-corrected chi connectivity index (χ2v) is 7.69. The Morgan fingerprint density at radius 3 is 2.24 bits per heavy atom. The molecule has 0 aliphatic heterocycles. The van der Waals surface area contributed by atoms with Crippen molar-refractivity contribution < 1.29 is 23.9 Å². The Hall–Kier alpha value is -4.14. The number of pyridine rings is 1. The average Bonchev–Trinajstić information content (AvgIpc) is 2.77. The van der Waals surface area contributed by atoms with Crippen LogP contribution in [0.25, 0.3) is 10.9 Å². The number of nitrogens with one attached hydrogen (secondary N) is 2. The molecule has 3 aromatic rings. The number of ether oxygens (including phenoxy) is 2. The van der Waals surface area contributed by atoms with Crippen molar-refractivity contribution >= 4 is 40.4 Å². The Bertz CT molecular complexity index is 1150. The molecule has 0 saturated carbocycles. The Morgan fingerprint density at radius 1 is 0.879 bits per heavy atom. The van der Waals surface area contributed by atoms with E-state index >= 15 is 0 Å². The molecule has 1 aromatic heterocycles. The maximum absolute atomic E-state index is 12.8. The number of hydrogen-bond acceptors (Lipinski definition) is 6. The molecular weight excluding hydrogens is 424 g/mol. The first-order chi connectivity index (χ1) is 15.8. The number of carbonyl (C=O) groups excluding carboxylic acids is 3. The summed E-state index contributed by atoms with van der Waals surface area (Å²) < 4.78 is 10.4. The third kappa shape index (κ3) is 5.97. The van der Waals surface area contributed by atoms with Crippen LogP contribution in [0.5, 0.6) is 0 Å². The molecule has 0 saturated heterocycles. The van der Waals surface area contributed by atoms with E-state index in [2.05, 4.69) is 15.7 Å². The number of nitrogens with zero attached hydrogens (tertiary/aromatic N) is 2. The zero-order chi connectivity index (χ0) is 24.0. The summed E-state index contributed by atoms with van der Waals surface area (Å²) in [7, 11) is 0. The average molecular weight is 450 g/mol. The van der Waals surface area contributed by atoms with Crippen molar-refractivity contribution in [2.24, 2.45) is 0 Å². The molecule has 9 nitrogen and oxygen atoms in total. The highest BCUT2D eigenvalue weighted by Gasteiger charge is 2.25. The molecule has 0 atom stereocenters. The fourth-order valence-corrected chi connectivity index (χ4v) is 3.03. The fraction of sp³-hybridized carbons (Fsp3) is 0.250. The second-order valence-electron chi connectivity index (χ2n) is 7.69. The van der Waals surface area contributed by atoms with E-state index in [-0.39, 0.29) is 12.0 Å². The van der Waals surface area contributed by atoms with Gasteiger partial charge in [-0.25, -0.2) is 15.0 Å². The molecule has 172 valence electrons. The van der Waals surface area contributed by atoms with Gasteiger partial charge in [0.05, 0.1) is 29.1 Å². The lowest BCUT2D eigenvalue weighted by molar-refractivity contribution is 0.102. The fourth-order valence-electron chi connectivity index (χ4n) is 3.03. The summed E-state index contributed by atoms with van der Waals surface area (Å²) in [6.45, 7) is 6.79. The number of hydrogen-bond donors (Lipinski definition) is 2. The van der Waals surface area contributed by atoms with Gasteiger partial charge in [0.1, 0.15) is 0 Å². The van der Waals surface area contributed by atoms with Crippen molar-refractivity contribution in [2.75, 3.05) is 10.3 Å². The summed E-state index contributed by atoms with van der Waals surface area (Å²) in [6, 6.07) is 15.4. The van der Waals surface area contributed by atoms with Crippen LogP contribution in [0.15, 0.2) is 60.8 Å². The lowest BCUT2D eigenvalue weighted by atomic mass is 10.1. The number of aromatic nitrogens is 1. The standard InChI is InChI=1S/C24H26N4O5/c1-15(2)32-23(30)27-28(24(31)33-16(3)4)20-13-12-19(21-18(20)11-8-14-25-21)26-22(29)17-9-6-5-7-10-17/h5-16H,1-4H3,(H,26,29)(H,27,30). The van der Waals surface area contributed by atoms with Crippen molar-refractivity contribution in [3.8, 4) is 0 Å². The quantitative estimate of drug-likeness (QED) is 0.536. The molecule has 0 unspecified atom stereocenters. The summed E-state index contributed by atoms with van der Waals surface area (Å²) in [6.07, 6.45) is -0.846. The van der Waals surface area contributed by atoms with Gasteiger partial charge < -0.3 is 14.8 Å². The molecule has 2 N–H and O–H groups in total. The van der Waals surface area contributed by atoms with Crippen molar-refractivity contribution in [2.45, 2.75) is 39.9 Å². The first kappa shape index (κ1) is 23.5. The predicted molar refractivity (Wildman–Crippen MR) is 125 cm³/mol. The molecule has 0 fully saturated rings. The molecule has 0 spiro atoms. The normalized spacial score (nSPS) is 10.7. The largest absolute Gasteiger partial charge is 0.446 e. The molecule has 2 aromatic carbocycles. The molecule has 9 heteroatoms. The zero-order valence-electron chi connectivity index (χ0n) is 18.9. The van der Waals surface area contributed by atoms with Crippen LogP contribution >= 0.6 is 0 Å². The molecule has 3 amide bonds. The van der Waals surface area contributed by atoms with Crippen LogP contribution in [-0.2, 0) is 9.47 Å². The van der Waals surface area contributed by atoms with E-state index in [4.69, 9.17) is 9.47 Å². The molecule has 0 aliphatic carbocycles. The zero-order valence-corrected chi connectivity index (χ0v) is 18.9. The van der Waals surface area contributed by atoms with Crippen LogP contribution < -0.4 is 15.8 Å². The molecule has 0 aliphatic rings. The summed E-state index contributed by atoms with van der Waals surface area (Å²) in [5.41, 5.74) is 4.11. The summed E-state index contributed by atoms with van der Waals surface area (Å²) in [4.78, 5) is 42.1. The van der Waals surface area contributed by atoms with Crippen molar-refractivity contribution in [1.29, 1.82) is 0 Å². The minimum atomic E-state index is -0.816. The van der Waals surface area contributed by atoms with E-state index in [1.165, 1.54) is 0 Å². The molecule has 0 radical (unpaired) electrons. The molecule has 3 rings (SSSR count). The Labute approximate surface area is 191 Å². The maximum Gasteiger partial charge on any atom is 0.433 e. The number of amides is 3. The maximum atomic E-state index is 12.8. The Kier molecular flexibility index (Phi) is 7.45. The van der Waals surface area contributed by atoms with Crippen LogP contribution in [0, 0.1) is 0 Å². The van der Waals surface area contributed by atoms with E-state index in [0.717, 1.165) is 5.01 Å². The van der Waals surface area contributed by atoms with Crippen LogP contribution in [0.2, 0.25) is 0 Å². The highest BCUT2D eigenvalue weighted by atomic mass is 16.6. The van der Waals surface area contributed by atoms with Gasteiger partial charge in [0.15, 0.2) is 0 Å². The van der Waals surface area contributed by atoms with Gasteiger partial charge in [-0.3, -0.25) is 9.78 Å². The first-order valence-corrected chi connectivity index (χ1v) is 10.5. The van der Waals surface area contributed by atoms with Gasteiger partial charge in [-0.1, -0.05) is 18.2 Å². The first-order valence-electron chi connectivity index (χ1n) is 10.5. The topological polar surface area (TPSA) is 110 Å². The molecular formula is C24H26N4O5. The predicted octanol–water partition coefficient (Wildman–Crippen LogP) is 4.89. The smallest absolute Gasteiger partial charge is 0.433 e. The number of anilines is 2. The van der Waals surface area contributed by atoms with Gasteiger partial charge >= 0.3 is 12.2 Å². The third-order valence-electron chi connectivity index (χ3n) is 4.34. The van der Waals surface area contributed by atoms with Gasteiger partial charge in [-0.15, -0.1) is 0 Å². The van der Waals surface area contributed by atoms with E-state index in [9.17, 15) is 14.4 Å². The van der Waals surface area contributed by atoms with E-state index in [1.54, 1.807) is 82.4 Å². The van der Waals surface area contributed by atoms with Gasteiger partial charge in [0.25, 0.3) is 5.91 Å². The van der Waals surface area contributed by atoms with Crippen molar-refractivity contribution in [1.82, 2.24) is 10.4 Å². The lowest BCUT2D eigenvalue weighted by Gasteiger charge is -2.25. The Morgan fingerprint density at radius 2 is 1.58 bits per heavy atom. The van der Waals surface area contributed by atoms with Crippen LogP contribution in [0.4, 0.5) is 21.0 Å². The van der Waals surface area contributed by atoms with Gasteiger partial charge in [0, 0.05) is 17.1 Å². The highest BCUT2D eigenvalue weighted by molar-refractivity contribution is 6.11. The lowest BCUT2D eigenvalue weighted by Crippen LogP contribution is -2.48. The van der Waals surface area contributed by atoms with Crippen molar-refractivity contribution in [3.05, 3.63) is 66.4 Å². The number of benzene rings is 2. The van der Waals surface area contributed by atoms with Gasteiger partial charge in [-0.05, 0) is 64.1 Å². The second kappa shape index (κ2) is 10.4. The van der Waals surface area contributed by atoms with E-state index in [0.29, 0.717) is 27.8 Å². The van der Waals surface area contributed by atoms with Crippen molar-refractivity contribution in [3.63, 3.8) is 0 Å². The number of carbonyl (C=O) groups is 3. The minimum absolute atomic E-state index is 0.301. The van der Waals surface area contributed by atoms with Crippen LogP contribution in [0.3, 0.4) is 0 Å². The Balaban J connectivity index is 2.01. The molecule has 1 heterocycles. The molecule has 0 bridgehead atoms. The highest BCUT2D eigenvalue weighted by Crippen LogP contribution is 2.31. The summed E-state index contributed by atoms with van der Waals surface area (Å²) in [5, 5.41) is 4.33. The monoisotopic (exact) mass is 450 g/mol. The van der Waals surface area contributed by atoms with Crippen LogP contribution in [0.1, 0.15) is 38.1 Å². The van der Waals surface area contributed by atoms with E-state index in [1.807, 2.05) is 6.07 Å². The summed E-state index contributed by atoms with van der Waals surface area (Å²) in [5.74, 6) is -0.301. The number of fused-ring (bicyclic) bond motifs is 1. The summed E-state index contributed by atoms with van der Waals surface area (Å²) >= 11 is 0.